The maximum absolute atomic E-state index is 10.9. The first-order valence-corrected chi connectivity index (χ1v) is 47.2. The molecule has 0 aromatic rings. The van der Waals surface area contributed by atoms with Crippen LogP contribution in [0.5, 0.6) is 0 Å². The molecular weight excluding hydrogens is 1970 g/mol. The van der Waals surface area contributed by atoms with Gasteiger partial charge in [-0.2, -0.15) is 0 Å². The average Bonchev–Trinajstić information content (AvgIpc) is 0.780. The maximum atomic E-state index is 10.9. The molecule has 62 unspecified atom stereocenters. The lowest BCUT2D eigenvalue weighted by molar-refractivity contribution is -0.382. The summed E-state index contributed by atoms with van der Waals surface area (Å²) in [6.07, 6.45) is -79.3. The molecule has 145 heavy (non-hydrogen) atoms. The first kappa shape index (κ1) is 124. The first-order chi connectivity index (χ1) is 68.3. The van der Waals surface area contributed by atoms with E-state index < -0.39 is 439 Å². The number of nitrogens with one attached hydrogen (secondary N) is 2. The summed E-state index contributed by atoms with van der Waals surface area (Å²) in [6, 6.07) is -5.23. The van der Waals surface area contributed by atoms with Gasteiger partial charge in [0.2, 0.25) is 0 Å². The van der Waals surface area contributed by atoms with Crippen molar-refractivity contribution in [3.8, 4) is 0 Å². The summed E-state index contributed by atoms with van der Waals surface area (Å²) in [4.78, 5) is 0. The fourth-order valence-electron chi connectivity index (χ4n) is 19.2. The zero-order valence-corrected chi connectivity index (χ0v) is 79.5. The molecule has 10 aliphatic heterocycles. The molecule has 0 radical (unpaired) electrons. The van der Waals surface area contributed by atoms with Crippen LogP contribution in [0.15, 0.2) is 34.9 Å². The van der Waals surface area contributed by atoms with Gasteiger partial charge >= 0.3 is 0 Å². The predicted molar refractivity (Wildman–Crippen MR) is 464 cm³/mol. The molecule has 10 saturated heterocycles. The second-order valence-corrected chi connectivity index (χ2v) is 38.0. The highest BCUT2D eigenvalue weighted by molar-refractivity contribution is 5.25. The molecule has 846 valence electrons. The van der Waals surface area contributed by atoms with E-state index in [-0.39, 0.29) is 23.3 Å². The minimum absolute atomic E-state index is 0.0225. The predicted octanol–water partition coefficient (Wildman–Crippen LogP) is -24.5. The van der Waals surface area contributed by atoms with E-state index in [2.05, 4.69) is 10.6 Å². The minimum atomic E-state index is -1.93. The molecular formula is C85H149N3O57. The van der Waals surface area contributed by atoms with Crippen LogP contribution in [0.3, 0.4) is 0 Å². The van der Waals surface area contributed by atoms with Crippen molar-refractivity contribution in [2.45, 2.75) is 415 Å². The Hall–Kier alpha value is -3.18. The van der Waals surface area contributed by atoms with Crippen LogP contribution in [0.25, 0.3) is 0 Å². The average molecular weight is 2130 g/mol. The molecule has 43 N–H and O–H groups in total. The summed E-state index contributed by atoms with van der Waals surface area (Å²) < 4.78 is 99.1. The van der Waals surface area contributed by atoms with Crippen molar-refractivity contribution >= 4 is 0 Å². The zero-order valence-electron chi connectivity index (χ0n) is 79.5. The van der Waals surface area contributed by atoms with Gasteiger partial charge in [0, 0.05) is 13.0 Å². The monoisotopic (exact) mass is 2120 g/mol. The van der Waals surface area contributed by atoms with Gasteiger partial charge in [0.05, 0.1) is 133 Å². The smallest absolute Gasteiger partial charge is 0.187 e. The fraction of sp³-hybridized carbons (Fsp3) is 0.929. The Morgan fingerprint density at radius 3 is 0.821 bits per heavy atom. The molecule has 60 heteroatoms. The van der Waals surface area contributed by atoms with Gasteiger partial charge in [0.15, 0.2) is 50.3 Å². The summed E-state index contributed by atoms with van der Waals surface area (Å²) >= 11 is 0. The van der Waals surface area contributed by atoms with Crippen molar-refractivity contribution in [1.82, 2.24) is 10.6 Å². The number of ether oxygens (including phenoxy) is 18. The van der Waals surface area contributed by atoms with E-state index in [4.69, 9.17) is 96.1 Å². The Labute approximate surface area is 827 Å². The lowest BCUT2D eigenvalue weighted by Crippen LogP contribution is -2.68. The van der Waals surface area contributed by atoms with Gasteiger partial charge in [-0.1, -0.05) is 25.2 Å². The Morgan fingerprint density at radius 1 is 0.241 bits per heavy atom. The van der Waals surface area contributed by atoms with Gasteiger partial charge in [-0.25, -0.2) is 0 Å². The Bertz CT molecular complexity index is 3920. The van der Waals surface area contributed by atoms with Gasteiger partial charge in [-0.05, 0) is 51.3 Å². The summed E-state index contributed by atoms with van der Waals surface area (Å²) in [5.41, 5.74) is 6.04. The van der Waals surface area contributed by atoms with Crippen LogP contribution in [0.2, 0.25) is 0 Å². The van der Waals surface area contributed by atoms with Crippen LogP contribution >= 0.6 is 0 Å². The van der Waals surface area contributed by atoms with Crippen LogP contribution in [-0.2, 0) is 85.3 Å². The number of hydrogen-bond donors (Lipinski definition) is 42. The highest BCUT2D eigenvalue weighted by Gasteiger charge is 2.61. The molecule has 10 fully saturated rings. The van der Waals surface area contributed by atoms with E-state index in [1.807, 2.05) is 0 Å². The minimum Gasteiger partial charge on any atom is -0.394 e. The highest BCUT2D eigenvalue weighted by Crippen LogP contribution is 2.41. The number of aliphatic hydroxyl groups excluding tert-OH is 39. The molecule has 13 aliphatic rings. The third-order valence-electron chi connectivity index (χ3n) is 28.2. The first-order valence-electron chi connectivity index (χ1n) is 47.2. The lowest BCUT2D eigenvalue weighted by Gasteiger charge is -2.49. The van der Waals surface area contributed by atoms with Crippen LogP contribution in [0.4, 0.5) is 0 Å². The second kappa shape index (κ2) is 54.5. The van der Waals surface area contributed by atoms with Crippen LogP contribution < -0.4 is 16.4 Å². The van der Waals surface area contributed by atoms with Crippen molar-refractivity contribution in [3.05, 3.63) is 34.9 Å². The third-order valence-corrected chi connectivity index (χ3v) is 28.2. The number of aliphatic hydroxyl groups is 39. The van der Waals surface area contributed by atoms with Crippen molar-refractivity contribution in [3.63, 3.8) is 0 Å². The van der Waals surface area contributed by atoms with Crippen molar-refractivity contribution in [2.75, 3.05) is 73.2 Å². The SMILES string of the molecule is CC1C=C(CO)C(OC2OC(CO)C(OC3OC(C)C(NC4C=C(CO)C(O)C(O)C4O)C(O)C3O)C(O)C2O)C(O)C1O.CC1OC(OC2C(CO)OC(OC3C(CO)OC(O)C(O)C3O)C(O)C2O)C(O)C(O)C1NC1C=C(CO)C(O)C(O)C1O.CC1OC(OC2C(CO)OC(OC3C(CO)OC(OC4C(CO)OC(C)C(O)C4O)C(O)C3O)C(O)C2O)C(O)C(O)C1N.COC1C(CO)OC(C)C(O)C1O. The highest BCUT2D eigenvalue weighted by atomic mass is 16.8. The van der Waals surface area contributed by atoms with Crippen molar-refractivity contribution < 1.29 is 284 Å². The molecule has 0 aromatic heterocycles. The van der Waals surface area contributed by atoms with E-state index in [0.29, 0.717) is 0 Å². The molecule has 0 saturated carbocycles. The quantitative estimate of drug-likeness (QED) is 0.0309. The molecule has 10 heterocycles. The van der Waals surface area contributed by atoms with Gasteiger partial charge in [0.1, 0.15) is 256 Å². The Morgan fingerprint density at radius 2 is 0.503 bits per heavy atom. The molecule has 3 aliphatic carbocycles. The molecule has 62 atom stereocenters. The topological polar surface area (TPSA) is 1010 Å². The Kier molecular flexibility index (Phi) is 46.4. The van der Waals surface area contributed by atoms with Crippen LogP contribution in [0, 0.1) is 5.92 Å². The zero-order chi connectivity index (χ0) is 108. The van der Waals surface area contributed by atoms with E-state index in [9.17, 15) is 194 Å². The number of nitrogens with two attached hydrogens (primary N) is 1. The summed E-state index contributed by atoms with van der Waals surface area (Å²) in [5.74, 6) is -0.506. The van der Waals surface area contributed by atoms with E-state index in [1.54, 1.807) is 13.8 Å². The number of hydrogen-bond acceptors (Lipinski definition) is 60. The van der Waals surface area contributed by atoms with Crippen LogP contribution in [-0.4, -0.2) is 646 Å². The molecule has 0 amide bonds. The van der Waals surface area contributed by atoms with E-state index in [1.165, 1.54) is 53.0 Å². The van der Waals surface area contributed by atoms with Gasteiger partial charge in [0.25, 0.3) is 0 Å². The molecule has 0 spiro atoms. The van der Waals surface area contributed by atoms with Crippen molar-refractivity contribution in [2.24, 2.45) is 11.7 Å². The molecule has 60 nitrogen and oxygen atoms in total. The van der Waals surface area contributed by atoms with E-state index >= 15 is 0 Å². The summed E-state index contributed by atoms with van der Waals surface area (Å²) in [6.45, 7) is 2.58. The molecule has 0 bridgehead atoms. The fourth-order valence-corrected chi connectivity index (χ4v) is 19.2. The summed E-state index contributed by atoms with van der Waals surface area (Å²) in [5, 5.41) is 405. The van der Waals surface area contributed by atoms with Crippen LogP contribution in [0.1, 0.15) is 41.5 Å². The number of methoxy groups -OCH3 is 1. The maximum Gasteiger partial charge on any atom is 0.187 e. The normalized spacial score (nSPS) is 51.5. The van der Waals surface area contributed by atoms with Gasteiger partial charge in [-0.3, -0.25) is 0 Å². The standard InChI is InChI=1S/C27H45NO16.C25H45NO18.C25H43NO18.C8H16O5/c1-8-3-11(6-30)24(20(37)15(8)32)43-27-23(40)21(38)25(13(7-31)42-27)44-26-22(39)18(35)14(9(2)41-26)28-12-4-10(5-29)16(33)19(36)17(12)34;1-6-11(26)13(31)17(35)23(39-6)42-21-9(4-28)40-25(18(36)15(21)33)44-22-10(5-29)41-24(19(37)16(22)34)43-20-8(3-27)38-7(2)12(30)14(20)32;1-6-11(26-8-2-7(3-27)12(30)15(33)13(8)31)14(32)19(37)24(40-6)43-22-10(5-29)42-25(20(38)17(22)35)44-21-9(4-28)41-23(39)18(36)16(21)34;1-4-6(10)7(11)8(12-2)5(3-9)13-4/h3-4,8-9,12-40H,5-7H2,1-2H3;6-25,27-37H,3-5,26H2,1-2H3;2,6,8-39H,3-5H2,1H3;4-11H,3H2,1-2H3. The van der Waals surface area contributed by atoms with E-state index in [0.717, 1.165) is 0 Å². The van der Waals surface area contributed by atoms with Gasteiger partial charge < -0.3 is 301 Å². The molecule has 0 aromatic carbocycles. The largest absolute Gasteiger partial charge is 0.394 e. The summed E-state index contributed by atoms with van der Waals surface area (Å²) in [7, 11) is 1.41. The van der Waals surface area contributed by atoms with Crippen molar-refractivity contribution in [1.29, 1.82) is 0 Å². The van der Waals surface area contributed by atoms with Gasteiger partial charge in [-0.15, -0.1) is 0 Å². The third kappa shape index (κ3) is 27.4. The molecule has 13 rings (SSSR count). The second-order valence-electron chi connectivity index (χ2n) is 38.0. The lowest BCUT2D eigenvalue weighted by atomic mass is 9.84. The Balaban J connectivity index is 0.000000209. The number of rotatable bonds is 29.